The summed E-state index contributed by atoms with van der Waals surface area (Å²) in [5.74, 6) is -0.899. The summed E-state index contributed by atoms with van der Waals surface area (Å²) >= 11 is 3.39. The molecule has 146 valence electrons. The second kappa shape index (κ2) is 8.56. The first-order valence-electron chi connectivity index (χ1n) is 9.01. The van der Waals surface area contributed by atoms with Crippen LogP contribution in [0.4, 0.5) is 0 Å². The first-order chi connectivity index (χ1) is 13.5. The van der Waals surface area contributed by atoms with Crippen LogP contribution in [0.2, 0.25) is 0 Å². The van der Waals surface area contributed by atoms with Gasteiger partial charge in [-0.05, 0) is 52.2 Å². The van der Waals surface area contributed by atoms with Gasteiger partial charge in [0, 0.05) is 24.5 Å². The van der Waals surface area contributed by atoms with Gasteiger partial charge in [-0.15, -0.1) is 0 Å². The van der Waals surface area contributed by atoms with Crippen molar-refractivity contribution in [2.45, 2.75) is 25.8 Å². The molecule has 0 radical (unpaired) electrons. The molecule has 1 saturated heterocycles. The lowest BCUT2D eigenvalue weighted by molar-refractivity contribution is -0.139. The predicted molar refractivity (Wildman–Crippen MR) is 109 cm³/mol. The Kier molecular flexibility index (Phi) is 6.14. The van der Waals surface area contributed by atoms with E-state index in [9.17, 15) is 14.7 Å². The molecule has 1 amide bonds. The quantitative estimate of drug-likeness (QED) is 0.412. The van der Waals surface area contributed by atoms with Crippen molar-refractivity contribution in [3.63, 3.8) is 0 Å². The molecule has 7 heteroatoms. The van der Waals surface area contributed by atoms with Crippen LogP contribution in [-0.2, 0) is 9.59 Å². The van der Waals surface area contributed by atoms with Gasteiger partial charge in [0.1, 0.15) is 11.5 Å². The van der Waals surface area contributed by atoms with E-state index in [1.807, 2.05) is 6.92 Å². The zero-order valence-corrected chi connectivity index (χ0v) is 17.3. The highest BCUT2D eigenvalue weighted by atomic mass is 79.9. The SMILES string of the molecule is CCCCN1C(=O)C(=O)/C(=C(\O)c2ccc(OC)c(Br)c2)C1c1cccnc1. The summed E-state index contributed by atoms with van der Waals surface area (Å²) in [5.41, 5.74) is 1.19. The number of amides is 1. The van der Waals surface area contributed by atoms with E-state index in [0.29, 0.717) is 27.9 Å². The van der Waals surface area contributed by atoms with E-state index in [4.69, 9.17) is 4.74 Å². The number of halogens is 1. The molecular weight excluding hydrogens is 424 g/mol. The Morgan fingerprint density at radius 3 is 2.71 bits per heavy atom. The van der Waals surface area contributed by atoms with Gasteiger partial charge in [0.15, 0.2) is 0 Å². The number of hydrogen-bond donors (Lipinski definition) is 1. The number of unbranched alkanes of at least 4 members (excludes halogenated alkanes) is 1. The number of hydrogen-bond acceptors (Lipinski definition) is 5. The van der Waals surface area contributed by atoms with E-state index in [-0.39, 0.29) is 11.3 Å². The smallest absolute Gasteiger partial charge is 0.295 e. The predicted octanol–water partition coefficient (Wildman–Crippen LogP) is 4.07. The Bertz CT molecular complexity index is 927. The van der Waals surface area contributed by atoms with Gasteiger partial charge in [0.25, 0.3) is 11.7 Å². The van der Waals surface area contributed by atoms with Crippen LogP contribution in [-0.4, -0.2) is 40.3 Å². The molecule has 2 heterocycles. The van der Waals surface area contributed by atoms with E-state index in [1.54, 1.807) is 49.8 Å². The maximum atomic E-state index is 12.8. The van der Waals surface area contributed by atoms with Crippen molar-refractivity contribution in [3.8, 4) is 5.75 Å². The minimum atomic E-state index is -0.686. The lowest BCUT2D eigenvalue weighted by Crippen LogP contribution is -2.30. The van der Waals surface area contributed by atoms with Crippen molar-refractivity contribution in [2.75, 3.05) is 13.7 Å². The fraction of sp³-hybridized carbons (Fsp3) is 0.286. The molecule has 6 nitrogen and oxygen atoms in total. The number of Topliss-reactive ketones (excluding diaryl/α,β-unsaturated/α-hetero) is 1. The van der Waals surface area contributed by atoms with Crippen LogP contribution in [0.5, 0.6) is 5.75 Å². The van der Waals surface area contributed by atoms with Crippen LogP contribution in [0.15, 0.2) is 52.8 Å². The van der Waals surface area contributed by atoms with Crippen molar-refractivity contribution >= 4 is 33.4 Å². The summed E-state index contributed by atoms with van der Waals surface area (Å²) in [5, 5.41) is 11.0. The first-order valence-corrected chi connectivity index (χ1v) is 9.81. The van der Waals surface area contributed by atoms with Crippen LogP contribution < -0.4 is 4.74 Å². The number of carbonyl (C=O) groups is 2. The Hall–Kier alpha value is -2.67. The van der Waals surface area contributed by atoms with Crippen molar-refractivity contribution in [3.05, 3.63) is 63.9 Å². The van der Waals surface area contributed by atoms with Gasteiger partial charge in [0.2, 0.25) is 0 Å². The molecule has 3 rings (SSSR count). The molecule has 1 aliphatic heterocycles. The van der Waals surface area contributed by atoms with Crippen molar-refractivity contribution < 1.29 is 19.4 Å². The highest BCUT2D eigenvalue weighted by molar-refractivity contribution is 9.10. The number of aliphatic hydroxyl groups is 1. The Labute approximate surface area is 172 Å². The second-order valence-electron chi connectivity index (χ2n) is 6.48. The van der Waals surface area contributed by atoms with E-state index < -0.39 is 17.7 Å². The number of rotatable bonds is 6. The summed E-state index contributed by atoms with van der Waals surface area (Å²) in [6, 6.07) is 7.89. The molecule has 1 aromatic carbocycles. The molecule has 0 aliphatic carbocycles. The normalized spacial score (nSPS) is 18.5. The lowest BCUT2D eigenvalue weighted by atomic mass is 9.96. The summed E-state index contributed by atoms with van der Waals surface area (Å²) in [6.45, 7) is 2.45. The van der Waals surface area contributed by atoms with Crippen LogP contribution in [0, 0.1) is 0 Å². The highest BCUT2D eigenvalue weighted by Gasteiger charge is 2.45. The second-order valence-corrected chi connectivity index (χ2v) is 7.34. The number of nitrogens with zero attached hydrogens (tertiary/aromatic N) is 2. The number of likely N-dealkylation sites (tertiary alicyclic amines) is 1. The lowest BCUT2D eigenvalue weighted by Gasteiger charge is -2.24. The Morgan fingerprint density at radius 2 is 2.11 bits per heavy atom. The summed E-state index contributed by atoms with van der Waals surface area (Å²) < 4.78 is 5.85. The van der Waals surface area contributed by atoms with E-state index >= 15 is 0 Å². The standard InChI is InChI=1S/C21H21BrN2O4/c1-3-4-10-24-18(14-6-5-9-23-12-14)17(20(26)21(24)27)19(25)13-7-8-16(28-2)15(22)11-13/h5-9,11-12,18,25H,3-4,10H2,1-2H3/b19-17-. The number of carbonyl (C=O) groups excluding carboxylic acids is 2. The molecule has 2 aromatic rings. The average Bonchev–Trinajstić information content (AvgIpc) is 2.97. The average molecular weight is 445 g/mol. The van der Waals surface area contributed by atoms with Crippen molar-refractivity contribution in [1.29, 1.82) is 0 Å². The van der Waals surface area contributed by atoms with Gasteiger partial charge in [-0.3, -0.25) is 14.6 Å². The third-order valence-corrected chi connectivity index (χ3v) is 5.34. The van der Waals surface area contributed by atoms with Gasteiger partial charge in [-0.2, -0.15) is 0 Å². The number of methoxy groups -OCH3 is 1. The molecule has 0 saturated carbocycles. The topological polar surface area (TPSA) is 79.7 Å². The molecule has 1 aliphatic rings. The summed E-state index contributed by atoms with van der Waals surface area (Å²) in [6.07, 6.45) is 4.89. The van der Waals surface area contributed by atoms with Crippen molar-refractivity contribution in [1.82, 2.24) is 9.88 Å². The molecule has 1 aromatic heterocycles. The fourth-order valence-electron chi connectivity index (χ4n) is 3.29. The number of pyridine rings is 1. The Morgan fingerprint density at radius 1 is 1.32 bits per heavy atom. The Balaban J connectivity index is 2.15. The number of benzene rings is 1. The number of aromatic nitrogens is 1. The van der Waals surface area contributed by atoms with Crippen molar-refractivity contribution in [2.24, 2.45) is 0 Å². The molecule has 1 fully saturated rings. The molecule has 1 atom stereocenters. The van der Waals surface area contributed by atoms with Crippen LogP contribution in [0.25, 0.3) is 5.76 Å². The third-order valence-electron chi connectivity index (χ3n) is 4.72. The molecule has 0 bridgehead atoms. The molecular formula is C21H21BrN2O4. The number of ketones is 1. The van der Waals surface area contributed by atoms with Crippen LogP contribution >= 0.6 is 15.9 Å². The monoisotopic (exact) mass is 444 g/mol. The third kappa shape index (κ3) is 3.67. The molecule has 1 N–H and O–H groups in total. The zero-order chi connectivity index (χ0) is 20.3. The minimum absolute atomic E-state index is 0.0752. The molecule has 0 spiro atoms. The summed E-state index contributed by atoms with van der Waals surface area (Å²) in [4.78, 5) is 31.2. The van der Waals surface area contributed by atoms with Gasteiger partial charge in [-0.1, -0.05) is 19.4 Å². The van der Waals surface area contributed by atoms with Gasteiger partial charge in [-0.25, -0.2) is 0 Å². The van der Waals surface area contributed by atoms with Gasteiger partial charge in [0.05, 0.1) is 23.2 Å². The van der Waals surface area contributed by atoms with Gasteiger partial charge >= 0.3 is 0 Å². The van der Waals surface area contributed by atoms with E-state index in [2.05, 4.69) is 20.9 Å². The largest absolute Gasteiger partial charge is 0.507 e. The van der Waals surface area contributed by atoms with Crippen LogP contribution in [0.3, 0.4) is 0 Å². The molecule has 1 unspecified atom stereocenters. The number of ether oxygens (including phenoxy) is 1. The van der Waals surface area contributed by atoms with E-state index in [1.165, 1.54) is 4.90 Å². The first kappa shape index (κ1) is 20.1. The van der Waals surface area contributed by atoms with Crippen LogP contribution in [0.1, 0.15) is 36.9 Å². The van der Waals surface area contributed by atoms with Gasteiger partial charge < -0.3 is 14.7 Å². The summed E-state index contributed by atoms with van der Waals surface area (Å²) in [7, 11) is 1.54. The zero-order valence-electron chi connectivity index (χ0n) is 15.7. The minimum Gasteiger partial charge on any atom is -0.507 e. The fourth-order valence-corrected chi connectivity index (χ4v) is 3.83. The highest BCUT2D eigenvalue weighted by Crippen LogP contribution is 2.40. The number of aliphatic hydroxyl groups excluding tert-OH is 1. The maximum absolute atomic E-state index is 12.8. The maximum Gasteiger partial charge on any atom is 0.295 e. The molecule has 28 heavy (non-hydrogen) atoms. The van der Waals surface area contributed by atoms with E-state index in [0.717, 1.165) is 12.8 Å².